The second kappa shape index (κ2) is 2.40. The standard InChI is InChI=1S/C10H15N/c1-8-4-3-5-10-9(8)6-7-11(10)2/h5H,3-4,6-7H2,1-2H3. The third kappa shape index (κ3) is 0.991. The summed E-state index contributed by atoms with van der Waals surface area (Å²) in [6.45, 7) is 3.50. The van der Waals surface area contributed by atoms with Crippen LogP contribution in [0.5, 0.6) is 0 Å². The van der Waals surface area contributed by atoms with Crippen molar-refractivity contribution >= 4 is 0 Å². The maximum atomic E-state index is 2.38. The lowest BCUT2D eigenvalue weighted by Crippen LogP contribution is -2.11. The van der Waals surface area contributed by atoms with Crippen molar-refractivity contribution in [1.82, 2.24) is 4.90 Å². The van der Waals surface area contributed by atoms with Gasteiger partial charge in [0.05, 0.1) is 0 Å². The third-order valence-electron chi connectivity index (χ3n) is 2.79. The van der Waals surface area contributed by atoms with Crippen LogP contribution in [-0.4, -0.2) is 18.5 Å². The highest BCUT2D eigenvalue weighted by molar-refractivity contribution is 5.40. The van der Waals surface area contributed by atoms with Gasteiger partial charge in [0.25, 0.3) is 0 Å². The molecule has 1 fully saturated rings. The molecule has 11 heavy (non-hydrogen) atoms. The first kappa shape index (κ1) is 6.96. The summed E-state index contributed by atoms with van der Waals surface area (Å²) in [6.07, 6.45) is 6.19. The molecule has 0 atom stereocenters. The Morgan fingerprint density at radius 1 is 1.36 bits per heavy atom. The molecule has 0 saturated carbocycles. The average Bonchev–Trinajstić information content (AvgIpc) is 2.35. The van der Waals surface area contributed by atoms with E-state index in [0.717, 1.165) is 0 Å². The van der Waals surface area contributed by atoms with Gasteiger partial charge in [-0.3, -0.25) is 0 Å². The van der Waals surface area contributed by atoms with E-state index in [1.54, 1.807) is 11.1 Å². The van der Waals surface area contributed by atoms with Crippen LogP contribution in [0.3, 0.4) is 0 Å². The molecule has 0 bridgehead atoms. The van der Waals surface area contributed by atoms with E-state index in [1.807, 2.05) is 0 Å². The van der Waals surface area contributed by atoms with Crippen LogP contribution in [0, 0.1) is 0 Å². The Hall–Kier alpha value is -0.720. The molecule has 60 valence electrons. The number of likely N-dealkylation sites (N-methyl/N-ethyl adjacent to an activating group) is 1. The summed E-state index contributed by atoms with van der Waals surface area (Å²) < 4.78 is 0. The summed E-state index contributed by atoms with van der Waals surface area (Å²) >= 11 is 0. The van der Waals surface area contributed by atoms with E-state index >= 15 is 0 Å². The van der Waals surface area contributed by atoms with E-state index in [2.05, 4.69) is 24.9 Å². The maximum Gasteiger partial charge on any atom is 0.0355 e. The Morgan fingerprint density at radius 2 is 2.18 bits per heavy atom. The van der Waals surface area contributed by atoms with Crippen LogP contribution in [-0.2, 0) is 0 Å². The van der Waals surface area contributed by atoms with E-state index in [4.69, 9.17) is 0 Å². The summed E-state index contributed by atoms with van der Waals surface area (Å²) in [4.78, 5) is 2.37. The van der Waals surface area contributed by atoms with Crippen molar-refractivity contribution in [1.29, 1.82) is 0 Å². The molecule has 0 aromatic rings. The van der Waals surface area contributed by atoms with Gasteiger partial charge >= 0.3 is 0 Å². The van der Waals surface area contributed by atoms with Crippen molar-refractivity contribution in [3.8, 4) is 0 Å². The van der Waals surface area contributed by atoms with Gasteiger partial charge in [-0.2, -0.15) is 0 Å². The minimum atomic E-state index is 1.22. The summed E-state index contributed by atoms with van der Waals surface area (Å²) in [6, 6.07) is 0. The molecular formula is C10H15N. The largest absolute Gasteiger partial charge is 0.374 e. The van der Waals surface area contributed by atoms with Gasteiger partial charge in [0.15, 0.2) is 0 Å². The van der Waals surface area contributed by atoms with Gasteiger partial charge in [0.1, 0.15) is 0 Å². The Kier molecular flexibility index (Phi) is 1.52. The number of rotatable bonds is 0. The monoisotopic (exact) mass is 149 g/mol. The highest BCUT2D eigenvalue weighted by Gasteiger charge is 2.22. The number of hydrogen-bond acceptors (Lipinski definition) is 1. The van der Waals surface area contributed by atoms with Gasteiger partial charge in [-0.15, -0.1) is 0 Å². The van der Waals surface area contributed by atoms with Crippen molar-refractivity contribution in [3.63, 3.8) is 0 Å². The number of fused-ring (bicyclic) bond motifs is 1. The zero-order valence-electron chi connectivity index (χ0n) is 7.35. The number of hydrogen-bond donors (Lipinski definition) is 0. The van der Waals surface area contributed by atoms with Crippen molar-refractivity contribution in [3.05, 3.63) is 22.9 Å². The molecule has 0 radical (unpaired) electrons. The van der Waals surface area contributed by atoms with Gasteiger partial charge in [0, 0.05) is 19.3 Å². The van der Waals surface area contributed by atoms with E-state index in [0.29, 0.717) is 0 Å². The van der Waals surface area contributed by atoms with Crippen molar-refractivity contribution < 1.29 is 0 Å². The smallest absolute Gasteiger partial charge is 0.0355 e. The molecule has 2 aliphatic rings. The highest BCUT2D eigenvalue weighted by atomic mass is 15.1. The van der Waals surface area contributed by atoms with Crippen LogP contribution in [0.25, 0.3) is 0 Å². The van der Waals surface area contributed by atoms with Crippen LogP contribution in [0.4, 0.5) is 0 Å². The Labute approximate surface area is 68.4 Å². The molecule has 0 spiro atoms. The van der Waals surface area contributed by atoms with Gasteiger partial charge < -0.3 is 4.90 Å². The fourth-order valence-electron chi connectivity index (χ4n) is 2.05. The number of likely N-dealkylation sites (tertiary alicyclic amines) is 1. The quantitative estimate of drug-likeness (QED) is 0.511. The molecule has 2 rings (SSSR count). The number of nitrogens with zero attached hydrogens (tertiary/aromatic N) is 1. The van der Waals surface area contributed by atoms with Crippen LogP contribution >= 0.6 is 0 Å². The fraction of sp³-hybridized carbons (Fsp3) is 0.600. The van der Waals surface area contributed by atoms with Gasteiger partial charge in [-0.1, -0.05) is 11.6 Å². The maximum absolute atomic E-state index is 2.38. The Balaban J connectivity index is 2.38. The molecule has 0 aromatic heterocycles. The normalized spacial score (nSPS) is 23.8. The summed E-state index contributed by atoms with van der Waals surface area (Å²) in [7, 11) is 2.19. The lowest BCUT2D eigenvalue weighted by Gasteiger charge is -2.18. The summed E-state index contributed by atoms with van der Waals surface area (Å²) in [5.41, 5.74) is 4.75. The van der Waals surface area contributed by atoms with Gasteiger partial charge in [0.2, 0.25) is 0 Å². The highest BCUT2D eigenvalue weighted by Crippen LogP contribution is 2.33. The van der Waals surface area contributed by atoms with E-state index < -0.39 is 0 Å². The molecule has 0 N–H and O–H groups in total. The Bertz CT molecular complexity index is 235. The lowest BCUT2D eigenvalue weighted by molar-refractivity contribution is 0.479. The predicted molar refractivity (Wildman–Crippen MR) is 47.3 cm³/mol. The fourth-order valence-corrected chi connectivity index (χ4v) is 2.05. The van der Waals surface area contributed by atoms with Gasteiger partial charge in [-0.25, -0.2) is 0 Å². The van der Waals surface area contributed by atoms with Crippen molar-refractivity contribution in [2.24, 2.45) is 0 Å². The first-order valence-electron chi connectivity index (χ1n) is 4.39. The second-order valence-electron chi connectivity index (χ2n) is 3.56. The predicted octanol–water partition coefficient (Wildman–Crippen LogP) is 2.32. The molecule has 1 saturated heterocycles. The van der Waals surface area contributed by atoms with Crippen LogP contribution in [0.15, 0.2) is 22.9 Å². The van der Waals surface area contributed by atoms with Crippen LogP contribution in [0.2, 0.25) is 0 Å². The molecule has 1 heterocycles. The molecule has 1 aliphatic carbocycles. The van der Waals surface area contributed by atoms with Crippen LogP contribution < -0.4 is 0 Å². The van der Waals surface area contributed by atoms with Crippen molar-refractivity contribution in [2.75, 3.05) is 13.6 Å². The minimum Gasteiger partial charge on any atom is -0.374 e. The first-order valence-corrected chi connectivity index (χ1v) is 4.39. The molecule has 1 nitrogen and oxygen atoms in total. The molecule has 0 aromatic carbocycles. The first-order chi connectivity index (χ1) is 5.29. The average molecular weight is 149 g/mol. The lowest BCUT2D eigenvalue weighted by atomic mass is 9.96. The van der Waals surface area contributed by atoms with Crippen molar-refractivity contribution in [2.45, 2.75) is 26.2 Å². The van der Waals surface area contributed by atoms with Gasteiger partial charge in [-0.05, 0) is 31.8 Å². The molecule has 0 unspecified atom stereocenters. The summed E-state index contributed by atoms with van der Waals surface area (Å²) in [5.74, 6) is 0. The third-order valence-corrected chi connectivity index (χ3v) is 2.79. The second-order valence-corrected chi connectivity index (χ2v) is 3.56. The zero-order valence-corrected chi connectivity index (χ0v) is 7.35. The zero-order chi connectivity index (χ0) is 7.84. The van der Waals surface area contributed by atoms with E-state index in [9.17, 15) is 0 Å². The summed E-state index contributed by atoms with van der Waals surface area (Å²) in [5, 5.41) is 0. The molecule has 1 heteroatoms. The van der Waals surface area contributed by atoms with E-state index in [1.165, 1.54) is 31.5 Å². The SMILES string of the molecule is CC1=C2CCN(C)C2=CCC1. The van der Waals surface area contributed by atoms with E-state index in [-0.39, 0.29) is 0 Å². The minimum absolute atomic E-state index is 1.22. The molecular weight excluding hydrogens is 134 g/mol. The Morgan fingerprint density at radius 3 is 2.91 bits per heavy atom. The number of allylic oxidation sites excluding steroid dienone is 3. The topological polar surface area (TPSA) is 3.24 Å². The molecule has 0 amide bonds. The molecule has 1 aliphatic heterocycles. The van der Waals surface area contributed by atoms with Crippen LogP contribution in [0.1, 0.15) is 26.2 Å².